The number of hydrogen-bond acceptors (Lipinski definition) is 2. The minimum Gasteiger partial charge on any atom is -0.507 e. The molecule has 2 aromatic rings. The predicted octanol–water partition coefficient (Wildman–Crippen LogP) is 8.78. The van der Waals surface area contributed by atoms with Crippen molar-refractivity contribution in [3.63, 3.8) is 0 Å². The smallest absolute Gasteiger partial charge is 0.196 e. The van der Waals surface area contributed by atoms with E-state index in [1.165, 1.54) is 6.07 Å². The first-order chi connectivity index (χ1) is 13.3. The van der Waals surface area contributed by atoms with Crippen molar-refractivity contribution in [2.24, 2.45) is 0 Å². The van der Waals surface area contributed by atoms with E-state index in [-0.39, 0.29) is 11.5 Å². The van der Waals surface area contributed by atoms with Gasteiger partial charge >= 0.3 is 0 Å². The molecule has 0 saturated heterocycles. The van der Waals surface area contributed by atoms with Gasteiger partial charge < -0.3 is 5.11 Å². The molecule has 2 heteroatoms. The first kappa shape index (κ1) is 35.9. The summed E-state index contributed by atoms with van der Waals surface area (Å²) >= 11 is 0. The molecule has 0 aromatic heterocycles. The van der Waals surface area contributed by atoms with Crippen LogP contribution in [0.4, 0.5) is 0 Å². The van der Waals surface area contributed by atoms with Gasteiger partial charge in [0.05, 0.1) is 5.56 Å². The summed E-state index contributed by atoms with van der Waals surface area (Å²) in [4.78, 5) is 11.9. The highest BCUT2D eigenvalue weighted by molar-refractivity contribution is 6.10. The fraction of sp³-hybridized carbons (Fsp3) is 0.480. The number of benzene rings is 2. The largest absolute Gasteiger partial charge is 0.507 e. The van der Waals surface area contributed by atoms with E-state index in [0.29, 0.717) is 11.1 Å². The predicted molar refractivity (Wildman–Crippen MR) is 126 cm³/mol. The summed E-state index contributed by atoms with van der Waals surface area (Å²) in [5.74, 6) is -0.139. The second-order valence-electron chi connectivity index (χ2n) is 3.21. The number of phenolic OH excluding ortho intramolecular Hbond substituents is 1. The Morgan fingerprint density at radius 3 is 1.26 bits per heavy atom. The normalized spacial score (nSPS) is 6.81. The molecule has 2 rings (SSSR count). The van der Waals surface area contributed by atoms with E-state index in [4.69, 9.17) is 0 Å². The van der Waals surface area contributed by atoms with Gasteiger partial charge in [0, 0.05) is 5.56 Å². The van der Waals surface area contributed by atoms with Crippen LogP contribution < -0.4 is 0 Å². The van der Waals surface area contributed by atoms with Crippen molar-refractivity contribution >= 4 is 5.78 Å². The van der Waals surface area contributed by atoms with Gasteiger partial charge in [0.2, 0.25) is 0 Å². The Morgan fingerprint density at radius 2 is 0.889 bits per heavy atom. The third-order valence-electron chi connectivity index (χ3n) is 2.18. The molecular formula is C25H46O2. The van der Waals surface area contributed by atoms with Gasteiger partial charge in [-0.15, -0.1) is 0 Å². The van der Waals surface area contributed by atoms with E-state index in [1.807, 2.05) is 89.2 Å². The molecule has 1 N–H and O–H groups in total. The van der Waals surface area contributed by atoms with Gasteiger partial charge in [0.15, 0.2) is 5.78 Å². The molecule has 0 radical (unpaired) electrons. The molecule has 0 aliphatic heterocycles. The van der Waals surface area contributed by atoms with E-state index >= 15 is 0 Å². The average molecular weight is 379 g/mol. The van der Waals surface area contributed by atoms with Crippen LogP contribution in [0.1, 0.15) is 99.0 Å². The van der Waals surface area contributed by atoms with Crippen molar-refractivity contribution in [1.29, 1.82) is 0 Å². The van der Waals surface area contributed by atoms with Gasteiger partial charge in [0.1, 0.15) is 5.75 Å². The standard InChI is InChI=1S/C13H10O2.6C2H6/c14-12-9-5-4-8-11(12)13(15)10-6-2-1-3-7-10;6*1-2/h1-9,14H;6*1-2H3. The molecule has 0 aliphatic carbocycles. The van der Waals surface area contributed by atoms with E-state index in [2.05, 4.69) is 0 Å². The number of phenols is 1. The van der Waals surface area contributed by atoms with E-state index < -0.39 is 0 Å². The van der Waals surface area contributed by atoms with E-state index in [1.54, 1.807) is 42.5 Å². The maximum absolute atomic E-state index is 11.9. The summed E-state index contributed by atoms with van der Waals surface area (Å²) in [6, 6.07) is 15.5. The van der Waals surface area contributed by atoms with Crippen molar-refractivity contribution in [3.05, 3.63) is 65.7 Å². The number of rotatable bonds is 2. The summed E-state index contributed by atoms with van der Waals surface area (Å²) in [6.07, 6.45) is 0. The zero-order valence-electron chi connectivity index (χ0n) is 20.1. The van der Waals surface area contributed by atoms with Crippen LogP contribution >= 0.6 is 0 Å². The van der Waals surface area contributed by atoms with Crippen molar-refractivity contribution in [2.75, 3.05) is 0 Å². The topological polar surface area (TPSA) is 37.3 Å². The van der Waals surface area contributed by atoms with Crippen LogP contribution in [0.5, 0.6) is 5.75 Å². The molecule has 0 unspecified atom stereocenters. The van der Waals surface area contributed by atoms with Crippen molar-refractivity contribution in [1.82, 2.24) is 0 Å². The van der Waals surface area contributed by atoms with Crippen LogP contribution in [-0.4, -0.2) is 10.9 Å². The summed E-state index contributed by atoms with van der Waals surface area (Å²) in [5, 5.41) is 9.52. The fourth-order valence-corrected chi connectivity index (χ4v) is 1.41. The third kappa shape index (κ3) is 18.5. The Bertz CT molecular complexity index is 477. The summed E-state index contributed by atoms with van der Waals surface area (Å²) in [6.45, 7) is 24.0. The molecule has 0 saturated carbocycles. The van der Waals surface area contributed by atoms with Gasteiger partial charge in [-0.05, 0) is 12.1 Å². The molecule has 2 aromatic carbocycles. The Morgan fingerprint density at radius 1 is 0.556 bits per heavy atom. The van der Waals surface area contributed by atoms with Crippen molar-refractivity contribution < 1.29 is 9.90 Å². The highest BCUT2D eigenvalue weighted by Crippen LogP contribution is 2.19. The SMILES string of the molecule is CC.CC.CC.CC.CC.CC.O=C(c1ccccc1)c1ccccc1O. The van der Waals surface area contributed by atoms with Crippen LogP contribution in [0, 0.1) is 0 Å². The summed E-state index contributed by atoms with van der Waals surface area (Å²) in [7, 11) is 0. The average Bonchev–Trinajstić information content (AvgIpc) is 2.82. The van der Waals surface area contributed by atoms with Gasteiger partial charge in [0.25, 0.3) is 0 Å². The third-order valence-corrected chi connectivity index (χ3v) is 2.18. The maximum Gasteiger partial charge on any atom is 0.196 e. The fourth-order valence-electron chi connectivity index (χ4n) is 1.41. The number of ketones is 1. The molecule has 2 nitrogen and oxygen atoms in total. The van der Waals surface area contributed by atoms with Crippen LogP contribution in [0.25, 0.3) is 0 Å². The van der Waals surface area contributed by atoms with Crippen molar-refractivity contribution in [3.8, 4) is 5.75 Å². The lowest BCUT2D eigenvalue weighted by Crippen LogP contribution is -2.00. The minimum atomic E-state index is -0.159. The van der Waals surface area contributed by atoms with Crippen molar-refractivity contribution in [2.45, 2.75) is 83.1 Å². The highest BCUT2D eigenvalue weighted by Gasteiger charge is 2.11. The summed E-state index contributed by atoms with van der Waals surface area (Å²) in [5.41, 5.74) is 0.919. The van der Waals surface area contributed by atoms with Gasteiger partial charge in [-0.3, -0.25) is 4.79 Å². The Hall–Kier alpha value is -2.09. The molecule has 0 spiro atoms. The number of hydrogen-bond donors (Lipinski definition) is 1. The second-order valence-corrected chi connectivity index (χ2v) is 3.21. The minimum absolute atomic E-state index is 0.0198. The monoisotopic (exact) mass is 378 g/mol. The molecule has 0 heterocycles. The lowest BCUT2D eigenvalue weighted by molar-refractivity contribution is 0.103. The van der Waals surface area contributed by atoms with E-state index in [9.17, 15) is 9.90 Å². The molecule has 0 amide bonds. The first-order valence-corrected chi connectivity index (χ1v) is 10.7. The highest BCUT2D eigenvalue weighted by atomic mass is 16.3. The Balaban J connectivity index is -0.000000115. The quantitative estimate of drug-likeness (QED) is 0.530. The molecule has 158 valence electrons. The zero-order valence-corrected chi connectivity index (χ0v) is 20.1. The second kappa shape index (κ2) is 35.1. The number of carbonyl (C=O) groups is 1. The van der Waals surface area contributed by atoms with Gasteiger partial charge in [-0.2, -0.15) is 0 Å². The molecular weight excluding hydrogens is 332 g/mol. The lowest BCUT2D eigenvalue weighted by atomic mass is 10.0. The van der Waals surface area contributed by atoms with Crippen LogP contribution in [0.15, 0.2) is 54.6 Å². The first-order valence-electron chi connectivity index (χ1n) is 10.7. The van der Waals surface area contributed by atoms with Gasteiger partial charge in [-0.25, -0.2) is 0 Å². The molecule has 0 fully saturated rings. The Labute approximate surface area is 170 Å². The maximum atomic E-state index is 11.9. The zero-order chi connectivity index (χ0) is 22.7. The molecule has 27 heavy (non-hydrogen) atoms. The number of para-hydroxylation sites is 1. The van der Waals surface area contributed by atoms with Crippen LogP contribution in [0.2, 0.25) is 0 Å². The van der Waals surface area contributed by atoms with E-state index in [0.717, 1.165) is 0 Å². The molecule has 0 aliphatic rings. The Kier molecular flexibility index (Phi) is 46.7. The molecule has 0 bridgehead atoms. The molecule has 0 atom stereocenters. The lowest BCUT2D eigenvalue weighted by Gasteiger charge is -2.02. The number of carbonyl (C=O) groups excluding carboxylic acids is 1. The van der Waals surface area contributed by atoms with Crippen LogP contribution in [0.3, 0.4) is 0 Å². The summed E-state index contributed by atoms with van der Waals surface area (Å²) < 4.78 is 0. The van der Waals surface area contributed by atoms with Crippen LogP contribution in [-0.2, 0) is 0 Å². The van der Waals surface area contributed by atoms with Gasteiger partial charge in [-0.1, -0.05) is 126 Å². The number of aromatic hydroxyl groups is 1.